The molecule has 1 saturated heterocycles. The molecular formula is C18H21N5O2S3. The third-order valence-corrected chi connectivity index (χ3v) is 7.23. The minimum atomic E-state index is 0.116. The van der Waals surface area contributed by atoms with Crippen LogP contribution in [0, 0.1) is 13.8 Å². The molecule has 28 heavy (non-hydrogen) atoms. The van der Waals surface area contributed by atoms with E-state index >= 15 is 0 Å². The van der Waals surface area contributed by atoms with Gasteiger partial charge in [0.15, 0.2) is 0 Å². The SMILES string of the molecule is Cc1nc(C)c(-c2nnc(SCC(=O)N3CCN(Cc4cccs4)CC3)o2)s1. The minimum absolute atomic E-state index is 0.116. The van der Waals surface area contributed by atoms with Gasteiger partial charge in [-0.15, -0.1) is 32.9 Å². The van der Waals surface area contributed by atoms with Crippen LogP contribution in [0.25, 0.3) is 10.8 Å². The fourth-order valence-electron chi connectivity index (χ4n) is 3.08. The van der Waals surface area contributed by atoms with E-state index in [9.17, 15) is 4.79 Å². The zero-order valence-corrected chi connectivity index (χ0v) is 18.2. The molecule has 0 bridgehead atoms. The molecule has 4 heterocycles. The number of rotatable bonds is 6. The Labute approximate surface area is 175 Å². The average Bonchev–Trinajstić information content (AvgIpc) is 3.42. The maximum absolute atomic E-state index is 12.5. The van der Waals surface area contributed by atoms with Crippen molar-refractivity contribution >= 4 is 40.3 Å². The average molecular weight is 436 g/mol. The van der Waals surface area contributed by atoms with Gasteiger partial charge in [-0.05, 0) is 25.3 Å². The molecule has 0 atom stereocenters. The fourth-order valence-corrected chi connectivity index (χ4v) is 5.34. The van der Waals surface area contributed by atoms with Crippen LogP contribution in [0.3, 0.4) is 0 Å². The monoisotopic (exact) mass is 435 g/mol. The van der Waals surface area contributed by atoms with E-state index in [1.54, 1.807) is 11.3 Å². The van der Waals surface area contributed by atoms with Crippen LogP contribution in [-0.4, -0.2) is 62.8 Å². The highest BCUT2D eigenvalue weighted by Gasteiger charge is 2.22. The number of amides is 1. The lowest BCUT2D eigenvalue weighted by Crippen LogP contribution is -2.48. The molecule has 1 aliphatic rings. The number of carbonyl (C=O) groups excluding carboxylic acids is 1. The van der Waals surface area contributed by atoms with Gasteiger partial charge in [-0.2, -0.15) is 0 Å². The van der Waals surface area contributed by atoms with Crippen molar-refractivity contribution in [2.45, 2.75) is 25.6 Å². The second kappa shape index (κ2) is 8.73. The second-order valence-electron chi connectivity index (χ2n) is 6.55. The maximum atomic E-state index is 12.5. The van der Waals surface area contributed by atoms with Crippen molar-refractivity contribution in [2.24, 2.45) is 0 Å². The van der Waals surface area contributed by atoms with Gasteiger partial charge in [0.2, 0.25) is 5.91 Å². The highest BCUT2D eigenvalue weighted by atomic mass is 32.2. The molecule has 148 valence electrons. The summed E-state index contributed by atoms with van der Waals surface area (Å²) in [7, 11) is 0. The molecule has 0 unspecified atom stereocenters. The molecule has 1 fully saturated rings. The zero-order chi connectivity index (χ0) is 19.5. The third-order valence-electron chi connectivity index (χ3n) is 4.51. The fraction of sp³-hybridized carbons (Fsp3) is 0.444. The molecule has 3 aromatic heterocycles. The van der Waals surface area contributed by atoms with Gasteiger partial charge in [0.05, 0.1) is 16.5 Å². The first-order valence-electron chi connectivity index (χ1n) is 9.01. The first kappa shape index (κ1) is 19.6. The number of aromatic nitrogens is 3. The van der Waals surface area contributed by atoms with Crippen LogP contribution >= 0.6 is 34.4 Å². The second-order valence-corrected chi connectivity index (χ2v) is 9.71. The van der Waals surface area contributed by atoms with Crippen molar-refractivity contribution in [3.8, 4) is 10.8 Å². The number of piperazine rings is 1. The van der Waals surface area contributed by atoms with Crippen molar-refractivity contribution in [1.29, 1.82) is 0 Å². The van der Waals surface area contributed by atoms with Gasteiger partial charge in [0.25, 0.3) is 11.1 Å². The van der Waals surface area contributed by atoms with Crippen LogP contribution in [0.4, 0.5) is 0 Å². The quantitative estimate of drug-likeness (QED) is 0.550. The first-order chi connectivity index (χ1) is 13.6. The predicted octanol–water partition coefficient (Wildman–Crippen LogP) is 3.31. The van der Waals surface area contributed by atoms with Gasteiger partial charge in [0.1, 0.15) is 4.88 Å². The number of hydrogen-bond acceptors (Lipinski definition) is 9. The predicted molar refractivity (Wildman–Crippen MR) is 112 cm³/mol. The van der Waals surface area contributed by atoms with E-state index in [0.717, 1.165) is 48.3 Å². The number of thioether (sulfide) groups is 1. The van der Waals surface area contributed by atoms with E-state index in [2.05, 4.69) is 37.6 Å². The van der Waals surface area contributed by atoms with E-state index in [0.29, 0.717) is 16.9 Å². The van der Waals surface area contributed by atoms with E-state index in [4.69, 9.17) is 4.42 Å². The van der Waals surface area contributed by atoms with Gasteiger partial charge >= 0.3 is 0 Å². The first-order valence-corrected chi connectivity index (χ1v) is 11.7. The summed E-state index contributed by atoms with van der Waals surface area (Å²) >= 11 is 4.61. The van der Waals surface area contributed by atoms with E-state index in [1.165, 1.54) is 28.0 Å². The molecule has 10 heteroatoms. The van der Waals surface area contributed by atoms with Crippen molar-refractivity contribution in [2.75, 3.05) is 31.9 Å². The van der Waals surface area contributed by atoms with Crippen LogP contribution in [0.1, 0.15) is 15.6 Å². The molecule has 7 nitrogen and oxygen atoms in total. The molecule has 0 aliphatic carbocycles. The smallest absolute Gasteiger partial charge is 0.277 e. The molecule has 0 spiro atoms. The molecule has 3 aromatic rings. The van der Waals surface area contributed by atoms with Gasteiger partial charge < -0.3 is 9.32 Å². The summed E-state index contributed by atoms with van der Waals surface area (Å²) in [6.07, 6.45) is 0. The number of thiophene rings is 1. The van der Waals surface area contributed by atoms with E-state index < -0.39 is 0 Å². The van der Waals surface area contributed by atoms with Crippen LogP contribution < -0.4 is 0 Å². The summed E-state index contributed by atoms with van der Waals surface area (Å²) in [4.78, 5) is 23.5. The third kappa shape index (κ3) is 4.62. The summed E-state index contributed by atoms with van der Waals surface area (Å²) < 4.78 is 5.71. The van der Waals surface area contributed by atoms with Crippen LogP contribution in [0.2, 0.25) is 0 Å². The summed E-state index contributed by atoms with van der Waals surface area (Å²) in [5.74, 6) is 0.901. The molecule has 1 amide bonds. The Kier molecular flexibility index (Phi) is 6.10. The van der Waals surface area contributed by atoms with Crippen molar-refractivity contribution < 1.29 is 9.21 Å². The molecule has 0 N–H and O–H groups in total. The molecule has 0 saturated carbocycles. The van der Waals surface area contributed by atoms with Crippen LogP contribution in [-0.2, 0) is 11.3 Å². The Morgan fingerprint density at radius 2 is 2.07 bits per heavy atom. The van der Waals surface area contributed by atoms with E-state index in [1.807, 2.05) is 18.7 Å². The van der Waals surface area contributed by atoms with Gasteiger partial charge in [-0.25, -0.2) is 4.98 Å². The summed E-state index contributed by atoms with van der Waals surface area (Å²) in [6, 6.07) is 4.24. The lowest BCUT2D eigenvalue weighted by molar-refractivity contribution is -0.130. The Morgan fingerprint density at radius 1 is 1.25 bits per heavy atom. The summed E-state index contributed by atoms with van der Waals surface area (Å²) in [6.45, 7) is 8.18. The van der Waals surface area contributed by atoms with Gasteiger partial charge in [0, 0.05) is 37.6 Å². The lowest BCUT2D eigenvalue weighted by atomic mass is 10.3. The zero-order valence-electron chi connectivity index (χ0n) is 15.8. The Bertz CT molecular complexity index is 929. The Hall–Kier alpha value is -1.75. The minimum Gasteiger partial charge on any atom is -0.410 e. The van der Waals surface area contributed by atoms with Crippen molar-refractivity contribution in [1.82, 2.24) is 25.0 Å². The van der Waals surface area contributed by atoms with Crippen molar-refractivity contribution in [3.05, 3.63) is 33.1 Å². The molecule has 1 aliphatic heterocycles. The number of thiazole rings is 1. The number of aryl methyl sites for hydroxylation is 2. The number of hydrogen-bond donors (Lipinski definition) is 0. The Morgan fingerprint density at radius 3 is 2.75 bits per heavy atom. The van der Waals surface area contributed by atoms with Crippen LogP contribution in [0.15, 0.2) is 27.2 Å². The summed E-state index contributed by atoms with van der Waals surface area (Å²) in [5.41, 5.74) is 0.888. The van der Waals surface area contributed by atoms with Gasteiger partial charge in [-0.3, -0.25) is 9.69 Å². The van der Waals surface area contributed by atoms with Crippen molar-refractivity contribution in [3.63, 3.8) is 0 Å². The molecular weight excluding hydrogens is 414 g/mol. The number of carbonyl (C=O) groups is 1. The standard InChI is InChI=1S/C18H21N5O2S3/c1-12-16(28-13(2)19-12)17-20-21-18(25-17)27-11-15(24)23-7-5-22(6-8-23)10-14-4-3-9-26-14/h3-4,9H,5-8,10-11H2,1-2H3. The molecule has 4 rings (SSSR count). The topological polar surface area (TPSA) is 75.4 Å². The largest absolute Gasteiger partial charge is 0.410 e. The number of nitrogens with zero attached hydrogens (tertiary/aromatic N) is 5. The molecule has 0 aromatic carbocycles. The highest BCUT2D eigenvalue weighted by molar-refractivity contribution is 7.99. The maximum Gasteiger partial charge on any atom is 0.277 e. The Balaban J connectivity index is 1.25. The van der Waals surface area contributed by atoms with Crippen LogP contribution in [0.5, 0.6) is 0 Å². The lowest BCUT2D eigenvalue weighted by Gasteiger charge is -2.34. The highest BCUT2D eigenvalue weighted by Crippen LogP contribution is 2.30. The molecule has 0 radical (unpaired) electrons. The van der Waals surface area contributed by atoms with E-state index in [-0.39, 0.29) is 5.91 Å². The normalized spacial score (nSPS) is 15.3. The summed E-state index contributed by atoms with van der Waals surface area (Å²) in [5, 5.41) is 11.7. The van der Waals surface area contributed by atoms with Gasteiger partial charge in [-0.1, -0.05) is 17.8 Å².